The fraction of sp³-hybridized carbons (Fsp3) is 0.316. The minimum atomic E-state index is 0.0424. The van der Waals surface area contributed by atoms with Crippen LogP contribution < -0.4 is 4.90 Å². The molecule has 0 spiro atoms. The summed E-state index contributed by atoms with van der Waals surface area (Å²) < 4.78 is 1.87. The second-order valence-electron chi connectivity index (χ2n) is 6.94. The van der Waals surface area contributed by atoms with Crippen LogP contribution in [0.5, 0.6) is 0 Å². The van der Waals surface area contributed by atoms with Gasteiger partial charge in [0.1, 0.15) is 0 Å². The second-order valence-corrected chi connectivity index (χ2v) is 6.94. The lowest BCUT2D eigenvalue weighted by molar-refractivity contribution is -0.117. The minimum Gasteiger partial charge on any atom is -0.360 e. The van der Waals surface area contributed by atoms with E-state index >= 15 is 0 Å². The number of likely N-dealkylation sites (tertiary alicyclic amines) is 1. The molecule has 0 aliphatic carbocycles. The van der Waals surface area contributed by atoms with E-state index in [1.165, 1.54) is 0 Å². The average molecular weight is 349 g/mol. The molecule has 0 bridgehead atoms. The van der Waals surface area contributed by atoms with E-state index < -0.39 is 0 Å². The van der Waals surface area contributed by atoms with Gasteiger partial charge in [0.2, 0.25) is 5.91 Å². The van der Waals surface area contributed by atoms with Crippen LogP contribution in [0.15, 0.2) is 42.9 Å². The molecule has 2 aliphatic rings. The average Bonchev–Trinajstić information content (AvgIpc) is 3.32. The van der Waals surface area contributed by atoms with Crippen LogP contribution in [0.2, 0.25) is 0 Å². The number of nitrogens with one attached hydrogen (secondary N) is 1. The van der Waals surface area contributed by atoms with Crippen molar-refractivity contribution in [3.63, 3.8) is 0 Å². The molecular weight excluding hydrogens is 330 g/mol. The van der Waals surface area contributed by atoms with Gasteiger partial charge in [0.15, 0.2) is 0 Å². The van der Waals surface area contributed by atoms with Crippen molar-refractivity contribution >= 4 is 28.4 Å². The summed E-state index contributed by atoms with van der Waals surface area (Å²) >= 11 is 0. The Morgan fingerprint density at radius 1 is 1.23 bits per heavy atom. The number of nitrogens with zero attached hydrogens (tertiary/aromatic N) is 4. The third kappa shape index (κ3) is 2.31. The van der Waals surface area contributed by atoms with Crippen molar-refractivity contribution in [1.82, 2.24) is 19.7 Å². The van der Waals surface area contributed by atoms with Crippen LogP contribution in [0.3, 0.4) is 0 Å². The zero-order chi connectivity index (χ0) is 17.7. The van der Waals surface area contributed by atoms with Crippen molar-refractivity contribution in [2.45, 2.75) is 18.9 Å². The first-order valence-corrected chi connectivity index (χ1v) is 8.90. The van der Waals surface area contributed by atoms with Crippen molar-refractivity contribution in [3.8, 4) is 0 Å². The molecule has 132 valence electrons. The fourth-order valence-corrected chi connectivity index (χ4v) is 3.80. The maximum atomic E-state index is 12.8. The maximum absolute atomic E-state index is 12.8. The Labute approximate surface area is 150 Å². The van der Waals surface area contributed by atoms with Crippen molar-refractivity contribution < 1.29 is 9.59 Å². The first-order chi connectivity index (χ1) is 12.7. The number of hydrogen-bond acceptors (Lipinski definition) is 3. The Balaban J connectivity index is 1.28. The Morgan fingerprint density at radius 2 is 2.08 bits per heavy atom. The van der Waals surface area contributed by atoms with Crippen LogP contribution in [0.4, 0.5) is 5.69 Å². The van der Waals surface area contributed by atoms with Gasteiger partial charge in [0, 0.05) is 49.4 Å². The van der Waals surface area contributed by atoms with Gasteiger partial charge in [-0.25, -0.2) is 0 Å². The number of para-hydroxylation sites is 1. The number of carbonyl (C=O) groups is 2. The van der Waals surface area contributed by atoms with Crippen molar-refractivity contribution in [3.05, 3.63) is 48.4 Å². The van der Waals surface area contributed by atoms with Gasteiger partial charge in [0.25, 0.3) is 5.91 Å². The van der Waals surface area contributed by atoms with Crippen molar-refractivity contribution in [1.29, 1.82) is 0 Å². The van der Waals surface area contributed by atoms with Crippen LogP contribution in [-0.4, -0.2) is 51.1 Å². The normalized spacial score (nSPS) is 17.9. The van der Waals surface area contributed by atoms with Crippen LogP contribution in [0.25, 0.3) is 10.9 Å². The molecule has 2 aromatic heterocycles. The summed E-state index contributed by atoms with van der Waals surface area (Å²) in [6, 6.07) is 7.99. The monoisotopic (exact) mass is 349 g/mol. The topological polar surface area (TPSA) is 74.2 Å². The van der Waals surface area contributed by atoms with E-state index in [1.54, 1.807) is 17.3 Å². The van der Waals surface area contributed by atoms with Gasteiger partial charge in [-0.2, -0.15) is 5.10 Å². The van der Waals surface area contributed by atoms with Crippen LogP contribution in [0, 0.1) is 0 Å². The summed E-state index contributed by atoms with van der Waals surface area (Å²) in [6.07, 6.45) is 6.96. The van der Waals surface area contributed by atoms with Crippen molar-refractivity contribution in [2.75, 3.05) is 24.5 Å². The molecule has 0 saturated carbocycles. The standard InChI is InChI=1S/C19H19N5O2/c25-18-6-3-7-23(18)13-8-21-24(12-13)14-10-22(11-14)19(26)16-9-20-17-5-2-1-4-15(16)17/h1-2,4-5,8-9,12,14,20H,3,6-7,10-11H2. The number of hydrogen-bond donors (Lipinski definition) is 1. The van der Waals surface area contributed by atoms with Gasteiger partial charge in [-0.1, -0.05) is 18.2 Å². The Hall–Kier alpha value is -3.09. The first-order valence-electron chi connectivity index (χ1n) is 8.90. The molecule has 2 fully saturated rings. The molecule has 1 N–H and O–H groups in total. The number of carbonyl (C=O) groups excluding carboxylic acids is 2. The molecule has 0 atom stereocenters. The predicted molar refractivity (Wildman–Crippen MR) is 97.1 cm³/mol. The summed E-state index contributed by atoms with van der Waals surface area (Å²) in [5.74, 6) is 0.204. The third-order valence-electron chi connectivity index (χ3n) is 5.32. The fourth-order valence-electron chi connectivity index (χ4n) is 3.80. The molecular formula is C19H19N5O2. The molecule has 26 heavy (non-hydrogen) atoms. The van der Waals surface area contributed by atoms with Gasteiger partial charge < -0.3 is 14.8 Å². The lowest BCUT2D eigenvalue weighted by atomic mass is 10.1. The lowest BCUT2D eigenvalue weighted by Crippen LogP contribution is -2.50. The highest BCUT2D eigenvalue weighted by molar-refractivity contribution is 6.07. The van der Waals surface area contributed by atoms with E-state index in [2.05, 4.69) is 10.1 Å². The molecule has 2 amide bonds. The highest BCUT2D eigenvalue weighted by atomic mass is 16.2. The molecule has 5 rings (SSSR count). The Kier molecular flexibility index (Phi) is 3.34. The largest absolute Gasteiger partial charge is 0.360 e. The third-order valence-corrected chi connectivity index (χ3v) is 5.32. The summed E-state index contributed by atoms with van der Waals surface area (Å²) in [5, 5.41) is 5.36. The van der Waals surface area contributed by atoms with Crippen molar-refractivity contribution in [2.24, 2.45) is 0 Å². The number of fused-ring (bicyclic) bond motifs is 1. The molecule has 1 aromatic carbocycles. The smallest absolute Gasteiger partial charge is 0.256 e. The number of aromatic nitrogens is 3. The van der Waals surface area contributed by atoms with Gasteiger partial charge in [0.05, 0.1) is 23.5 Å². The van der Waals surface area contributed by atoms with Gasteiger partial charge in [-0.05, 0) is 12.5 Å². The number of anilines is 1. The summed E-state index contributed by atoms with van der Waals surface area (Å²) in [5.41, 5.74) is 2.54. The highest BCUT2D eigenvalue weighted by Crippen LogP contribution is 2.28. The molecule has 0 unspecified atom stereocenters. The van der Waals surface area contributed by atoms with E-state index in [0.717, 1.165) is 29.6 Å². The summed E-state index contributed by atoms with van der Waals surface area (Å²) in [4.78, 5) is 31.4. The molecule has 2 saturated heterocycles. The molecule has 3 aromatic rings. The van der Waals surface area contributed by atoms with E-state index in [1.807, 2.05) is 40.0 Å². The van der Waals surface area contributed by atoms with E-state index in [4.69, 9.17) is 0 Å². The second kappa shape index (κ2) is 5.72. The number of rotatable bonds is 3. The maximum Gasteiger partial charge on any atom is 0.256 e. The summed E-state index contributed by atoms with van der Waals surface area (Å²) in [6.45, 7) is 2.03. The quantitative estimate of drug-likeness (QED) is 0.788. The number of benzene rings is 1. The van der Waals surface area contributed by atoms with Gasteiger partial charge >= 0.3 is 0 Å². The molecule has 7 nitrogen and oxygen atoms in total. The first kappa shape index (κ1) is 15.2. The lowest BCUT2D eigenvalue weighted by Gasteiger charge is -2.39. The molecule has 2 aliphatic heterocycles. The Bertz CT molecular complexity index is 998. The minimum absolute atomic E-state index is 0.0424. The summed E-state index contributed by atoms with van der Waals surface area (Å²) in [7, 11) is 0. The Morgan fingerprint density at radius 3 is 2.88 bits per heavy atom. The van der Waals surface area contributed by atoms with E-state index in [9.17, 15) is 9.59 Å². The van der Waals surface area contributed by atoms with Crippen LogP contribution in [-0.2, 0) is 4.79 Å². The molecule has 7 heteroatoms. The molecule has 0 radical (unpaired) electrons. The van der Waals surface area contributed by atoms with Crippen LogP contribution in [0.1, 0.15) is 29.2 Å². The number of H-pyrrole nitrogens is 1. The number of amides is 2. The SMILES string of the molecule is O=C(c1c[nH]c2ccccc12)N1CC(n2cc(N3CCCC3=O)cn2)C1. The van der Waals surface area contributed by atoms with Gasteiger partial charge in [-0.15, -0.1) is 0 Å². The van der Waals surface area contributed by atoms with E-state index in [0.29, 0.717) is 25.1 Å². The van der Waals surface area contributed by atoms with Gasteiger partial charge in [-0.3, -0.25) is 14.3 Å². The molecule has 4 heterocycles. The number of aromatic amines is 1. The zero-order valence-corrected chi connectivity index (χ0v) is 14.3. The predicted octanol–water partition coefficient (Wildman–Crippen LogP) is 2.19. The zero-order valence-electron chi connectivity index (χ0n) is 14.3. The van der Waals surface area contributed by atoms with Crippen LogP contribution >= 0.6 is 0 Å². The highest BCUT2D eigenvalue weighted by Gasteiger charge is 2.34. The van der Waals surface area contributed by atoms with E-state index in [-0.39, 0.29) is 17.9 Å².